The molecule has 0 unspecified atom stereocenters. The van der Waals surface area contributed by atoms with Crippen LogP contribution in [-0.4, -0.2) is 26.8 Å². The number of aromatic nitrogens is 2. The van der Waals surface area contributed by atoms with Crippen LogP contribution in [-0.2, 0) is 0 Å². The van der Waals surface area contributed by atoms with E-state index in [0.29, 0.717) is 0 Å². The number of hydrogen-bond acceptors (Lipinski definition) is 4. The Kier molecular flexibility index (Phi) is 3.14. The normalized spacial score (nSPS) is 10.4. The number of carboxylic acid groups (broad SMARTS) is 1. The molecule has 2 rings (SSSR count). The maximum Gasteiger partial charge on any atom is 0.338 e. The summed E-state index contributed by atoms with van der Waals surface area (Å²) in [5.41, 5.74) is 11.0. The van der Waals surface area contributed by atoms with Gasteiger partial charge in [-0.15, -0.1) is 0 Å². The maximum atomic E-state index is 11.2. The summed E-state index contributed by atoms with van der Waals surface area (Å²) in [6, 6.07) is 2.66. The van der Waals surface area contributed by atoms with Crippen molar-refractivity contribution in [2.75, 3.05) is 5.73 Å². The van der Waals surface area contributed by atoms with Crippen molar-refractivity contribution in [3.63, 3.8) is 0 Å². The third-order valence-corrected chi connectivity index (χ3v) is 2.70. The van der Waals surface area contributed by atoms with E-state index in [1.807, 2.05) is 0 Å². The molecule has 0 atom stereocenters. The number of carbonyl (C=O) groups excluding carboxylic acids is 1. The van der Waals surface area contributed by atoms with E-state index in [4.69, 9.17) is 28.2 Å². The maximum absolute atomic E-state index is 11.2. The first kappa shape index (κ1) is 12.9. The molecular formula is C11H9ClN4O3. The summed E-state index contributed by atoms with van der Waals surface area (Å²) in [6.07, 6.45) is 2.52. The molecule has 19 heavy (non-hydrogen) atoms. The summed E-state index contributed by atoms with van der Waals surface area (Å²) in [4.78, 5) is 22.2. The molecule has 5 N–H and O–H groups in total. The highest BCUT2D eigenvalue weighted by Gasteiger charge is 2.18. The highest BCUT2D eigenvalue weighted by Crippen LogP contribution is 2.27. The smallest absolute Gasteiger partial charge is 0.338 e. The molecule has 0 spiro atoms. The van der Waals surface area contributed by atoms with E-state index in [0.717, 1.165) is 0 Å². The Morgan fingerprint density at radius 1 is 1.37 bits per heavy atom. The van der Waals surface area contributed by atoms with Gasteiger partial charge in [0.1, 0.15) is 0 Å². The van der Waals surface area contributed by atoms with Gasteiger partial charge in [0.15, 0.2) is 0 Å². The van der Waals surface area contributed by atoms with Crippen molar-refractivity contribution >= 4 is 29.2 Å². The summed E-state index contributed by atoms with van der Waals surface area (Å²) in [5, 5.41) is 13.1. The second kappa shape index (κ2) is 4.62. The standard InChI is InChI=1S/C11H9ClN4O3/c12-8-2-6(13)1-7(11(18)19)9(8)16-4-5(3-15-16)10(14)17/h1-4H,13H2,(H2,14,17)(H,18,19). The van der Waals surface area contributed by atoms with Gasteiger partial charge in [0.25, 0.3) is 5.91 Å². The van der Waals surface area contributed by atoms with E-state index in [9.17, 15) is 9.59 Å². The molecule has 0 saturated carbocycles. The van der Waals surface area contributed by atoms with Gasteiger partial charge in [-0.3, -0.25) is 4.79 Å². The zero-order chi connectivity index (χ0) is 14.2. The molecule has 0 aliphatic carbocycles. The Morgan fingerprint density at radius 3 is 2.58 bits per heavy atom. The summed E-state index contributed by atoms with van der Waals surface area (Å²) in [7, 11) is 0. The quantitative estimate of drug-likeness (QED) is 0.721. The fourth-order valence-electron chi connectivity index (χ4n) is 1.59. The van der Waals surface area contributed by atoms with Crippen molar-refractivity contribution in [1.82, 2.24) is 9.78 Å². The number of aromatic carboxylic acids is 1. The highest BCUT2D eigenvalue weighted by atomic mass is 35.5. The van der Waals surface area contributed by atoms with Gasteiger partial charge in [-0.1, -0.05) is 11.6 Å². The van der Waals surface area contributed by atoms with E-state index in [1.165, 1.54) is 29.2 Å². The van der Waals surface area contributed by atoms with E-state index >= 15 is 0 Å². The number of hydrogen-bond donors (Lipinski definition) is 3. The summed E-state index contributed by atoms with van der Waals surface area (Å²) >= 11 is 5.98. The van der Waals surface area contributed by atoms with Crippen molar-refractivity contribution in [1.29, 1.82) is 0 Å². The number of amides is 1. The molecule has 2 aromatic rings. The highest BCUT2D eigenvalue weighted by molar-refractivity contribution is 6.33. The van der Waals surface area contributed by atoms with Crippen molar-refractivity contribution in [3.05, 3.63) is 40.7 Å². The predicted molar refractivity (Wildman–Crippen MR) is 68.5 cm³/mol. The second-order valence-corrected chi connectivity index (χ2v) is 4.15. The molecule has 0 bridgehead atoms. The number of carboxylic acids is 1. The molecular weight excluding hydrogens is 272 g/mol. The van der Waals surface area contributed by atoms with Crippen LogP contribution < -0.4 is 11.5 Å². The van der Waals surface area contributed by atoms with Crippen molar-refractivity contribution in [3.8, 4) is 5.69 Å². The zero-order valence-corrected chi connectivity index (χ0v) is 10.3. The van der Waals surface area contributed by atoms with Gasteiger partial charge in [0.2, 0.25) is 0 Å². The van der Waals surface area contributed by atoms with E-state index in [2.05, 4.69) is 5.10 Å². The van der Waals surface area contributed by atoms with Gasteiger partial charge >= 0.3 is 5.97 Å². The Balaban J connectivity index is 2.66. The van der Waals surface area contributed by atoms with Crippen molar-refractivity contribution in [2.24, 2.45) is 5.73 Å². The van der Waals surface area contributed by atoms with Gasteiger partial charge in [-0.25, -0.2) is 9.48 Å². The number of carbonyl (C=O) groups is 2. The SMILES string of the molecule is NC(=O)c1cnn(-c2c(Cl)cc(N)cc2C(=O)O)c1. The van der Waals surface area contributed by atoms with Gasteiger partial charge in [0, 0.05) is 11.9 Å². The lowest BCUT2D eigenvalue weighted by molar-refractivity contribution is 0.0696. The monoisotopic (exact) mass is 280 g/mol. The van der Waals surface area contributed by atoms with Crippen LogP contribution in [0.4, 0.5) is 5.69 Å². The average molecular weight is 281 g/mol. The number of benzene rings is 1. The summed E-state index contributed by atoms with van der Waals surface area (Å²) in [5.74, 6) is -1.88. The zero-order valence-electron chi connectivity index (χ0n) is 9.50. The largest absolute Gasteiger partial charge is 0.478 e. The third kappa shape index (κ3) is 2.36. The topological polar surface area (TPSA) is 124 Å². The fourth-order valence-corrected chi connectivity index (χ4v) is 1.90. The van der Waals surface area contributed by atoms with E-state index < -0.39 is 11.9 Å². The summed E-state index contributed by atoms with van der Waals surface area (Å²) < 4.78 is 1.17. The van der Waals surface area contributed by atoms with Crippen LogP contribution in [0.5, 0.6) is 0 Å². The van der Waals surface area contributed by atoms with Crippen LogP contribution in [0.25, 0.3) is 5.69 Å². The molecule has 7 nitrogen and oxygen atoms in total. The molecule has 1 amide bonds. The van der Waals surface area contributed by atoms with Crippen LogP contribution in [0, 0.1) is 0 Å². The van der Waals surface area contributed by atoms with Crippen LogP contribution in [0.15, 0.2) is 24.5 Å². The summed E-state index contributed by atoms with van der Waals surface area (Å²) in [6.45, 7) is 0. The number of nitrogen functional groups attached to an aromatic ring is 1. The molecule has 0 aliphatic rings. The lowest BCUT2D eigenvalue weighted by Gasteiger charge is -2.09. The average Bonchev–Trinajstić information content (AvgIpc) is 2.76. The minimum Gasteiger partial charge on any atom is -0.478 e. The first-order chi connectivity index (χ1) is 8.90. The number of rotatable bonds is 3. The molecule has 0 aliphatic heterocycles. The molecule has 1 aromatic heterocycles. The number of primary amides is 1. The van der Waals surface area contributed by atoms with E-state index in [1.54, 1.807) is 0 Å². The molecule has 98 valence electrons. The van der Waals surface area contributed by atoms with Gasteiger partial charge in [-0.05, 0) is 12.1 Å². The van der Waals surface area contributed by atoms with Crippen LogP contribution in [0.2, 0.25) is 5.02 Å². The molecule has 0 fully saturated rings. The number of nitrogens with two attached hydrogens (primary N) is 2. The second-order valence-electron chi connectivity index (χ2n) is 3.74. The molecule has 0 saturated heterocycles. The molecule has 0 radical (unpaired) electrons. The Morgan fingerprint density at radius 2 is 2.05 bits per heavy atom. The van der Waals surface area contributed by atoms with Gasteiger partial charge in [0.05, 0.1) is 28.0 Å². The Labute approximate surface area is 112 Å². The van der Waals surface area contributed by atoms with Crippen molar-refractivity contribution < 1.29 is 14.7 Å². The third-order valence-electron chi connectivity index (χ3n) is 2.41. The lowest BCUT2D eigenvalue weighted by atomic mass is 10.1. The van der Waals surface area contributed by atoms with Crippen LogP contribution >= 0.6 is 11.6 Å². The first-order valence-electron chi connectivity index (χ1n) is 5.07. The van der Waals surface area contributed by atoms with Crippen molar-refractivity contribution in [2.45, 2.75) is 0 Å². The van der Waals surface area contributed by atoms with Crippen LogP contribution in [0.3, 0.4) is 0 Å². The Bertz CT molecular complexity index is 681. The minimum absolute atomic E-state index is 0.108. The lowest BCUT2D eigenvalue weighted by Crippen LogP contribution is -2.10. The Hall–Kier alpha value is -2.54. The van der Waals surface area contributed by atoms with E-state index in [-0.39, 0.29) is 27.5 Å². The minimum atomic E-state index is -1.21. The number of halogens is 1. The number of anilines is 1. The molecule has 1 heterocycles. The number of nitrogens with zero attached hydrogens (tertiary/aromatic N) is 2. The van der Waals surface area contributed by atoms with Gasteiger partial charge < -0.3 is 16.6 Å². The fraction of sp³-hybridized carbons (Fsp3) is 0. The van der Waals surface area contributed by atoms with Gasteiger partial charge in [-0.2, -0.15) is 5.10 Å². The predicted octanol–water partition coefficient (Wildman–Crippen LogP) is 0.905. The van der Waals surface area contributed by atoms with Crippen LogP contribution in [0.1, 0.15) is 20.7 Å². The first-order valence-corrected chi connectivity index (χ1v) is 5.45. The molecule has 1 aromatic carbocycles. The molecule has 8 heteroatoms.